The largest absolute Gasteiger partial charge is 0.494 e. The molecule has 0 spiro atoms. The Kier molecular flexibility index (Phi) is 7.70. The van der Waals surface area contributed by atoms with E-state index in [9.17, 15) is 27.4 Å². The van der Waals surface area contributed by atoms with Crippen LogP contribution in [-0.2, 0) is 14.9 Å². The Hall–Kier alpha value is -4.42. The minimum atomic E-state index is -4.96. The number of hydrogen-bond donors (Lipinski definition) is 2. The Morgan fingerprint density at radius 1 is 0.927 bits per heavy atom. The van der Waals surface area contributed by atoms with Gasteiger partial charge in [0.05, 0.1) is 30.9 Å². The number of methoxy groups -OCH3 is 2. The lowest BCUT2D eigenvalue weighted by atomic mass is 9.82. The van der Waals surface area contributed by atoms with Crippen molar-refractivity contribution in [2.45, 2.75) is 43.0 Å². The lowest BCUT2D eigenvalue weighted by Gasteiger charge is -2.28. The molecule has 1 saturated carbocycles. The van der Waals surface area contributed by atoms with E-state index >= 15 is 0 Å². The maximum Gasteiger partial charge on any atom is 0.337 e. The number of azo groups is 1. The molecule has 0 aliphatic heterocycles. The highest BCUT2D eigenvalue weighted by Crippen LogP contribution is 2.43. The Labute approximate surface area is 236 Å². The molecule has 0 amide bonds. The van der Waals surface area contributed by atoms with Crippen LogP contribution in [0.5, 0.6) is 5.75 Å². The number of esters is 1. The van der Waals surface area contributed by atoms with Crippen LogP contribution in [0.1, 0.15) is 74.3 Å². The summed E-state index contributed by atoms with van der Waals surface area (Å²) < 4.78 is 45.7. The normalized spacial score (nSPS) is 15.4. The van der Waals surface area contributed by atoms with Gasteiger partial charge in [-0.05, 0) is 37.1 Å². The molecule has 3 aromatic rings. The van der Waals surface area contributed by atoms with E-state index in [1.165, 1.54) is 44.6 Å². The number of nitrogens with one attached hydrogen (secondary N) is 1. The summed E-state index contributed by atoms with van der Waals surface area (Å²) in [5.41, 5.74) is -0.345. The number of rotatable bonds is 7. The number of ketones is 2. The van der Waals surface area contributed by atoms with Crippen LogP contribution in [-0.4, -0.2) is 50.8 Å². The van der Waals surface area contributed by atoms with Gasteiger partial charge < -0.3 is 14.8 Å². The summed E-state index contributed by atoms with van der Waals surface area (Å²) in [5, 5.41) is 11.4. The number of benzene rings is 3. The van der Waals surface area contributed by atoms with E-state index < -0.39 is 38.2 Å². The number of carbonyl (C=O) groups excluding carboxylic acids is 3. The molecule has 1 fully saturated rings. The minimum absolute atomic E-state index is 0.0184. The van der Waals surface area contributed by atoms with E-state index in [2.05, 4.69) is 15.5 Å². The second-order valence-corrected chi connectivity index (χ2v) is 11.1. The van der Waals surface area contributed by atoms with Crippen molar-refractivity contribution in [3.05, 3.63) is 76.3 Å². The summed E-state index contributed by atoms with van der Waals surface area (Å²) in [7, 11) is -2.38. The predicted molar refractivity (Wildman–Crippen MR) is 149 cm³/mol. The fourth-order valence-corrected chi connectivity index (χ4v) is 5.90. The second-order valence-electron chi connectivity index (χ2n) is 9.76. The van der Waals surface area contributed by atoms with Gasteiger partial charge in [-0.15, -0.1) is 10.2 Å². The summed E-state index contributed by atoms with van der Waals surface area (Å²) in [5.74, 6) is -1.60. The minimum Gasteiger partial charge on any atom is -0.494 e. The van der Waals surface area contributed by atoms with Crippen LogP contribution < -0.4 is 10.1 Å². The SMILES string of the molecule is COC(=O)c1ccc(OC)c(/N=N/c2c(S(=O)(=O)O)cc(NC3CCCCC3)c3c2C(=O)c2ccccc2C3=O)c1. The third-order valence-corrected chi connectivity index (χ3v) is 8.10. The first kappa shape index (κ1) is 28.1. The van der Waals surface area contributed by atoms with Gasteiger partial charge in [-0.25, -0.2) is 4.79 Å². The molecule has 0 radical (unpaired) electrons. The highest BCUT2D eigenvalue weighted by molar-refractivity contribution is 7.86. The molecule has 0 unspecified atom stereocenters. The van der Waals surface area contributed by atoms with Crippen molar-refractivity contribution >= 4 is 44.7 Å². The molecule has 3 aromatic carbocycles. The summed E-state index contributed by atoms with van der Waals surface area (Å²) in [6.07, 6.45) is 4.58. The molecular weight excluding hydrogens is 550 g/mol. The molecule has 0 saturated heterocycles. The molecular formula is C29H27N3O8S. The Morgan fingerprint density at radius 3 is 2.20 bits per heavy atom. The number of nitrogens with zero attached hydrogens (tertiary/aromatic N) is 2. The molecule has 11 nitrogen and oxygen atoms in total. The lowest BCUT2D eigenvalue weighted by molar-refractivity contribution is 0.0600. The molecule has 2 aliphatic rings. The first-order valence-corrected chi connectivity index (χ1v) is 14.4. The smallest absolute Gasteiger partial charge is 0.337 e. The van der Waals surface area contributed by atoms with Gasteiger partial charge >= 0.3 is 5.97 Å². The molecule has 212 valence electrons. The van der Waals surface area contributed by atoms with Gasteiger partial charge in [0, 0.05) is 22.9 Å². The van der Waals surface area contributed by atoms with Crippen molar-refractivity contribution in [2.24, 2.45) is 10.2 Å². The highest BCUT2D eigenvalue weighted by Gasteiger charge is 2.38. The first-order chi connectivity index (χ1) is 19.6. The van der Waals surface area contributed by atoms with Crippen LogP contribution in [0, 0.1) is 0 Å². The molecule has 0 aromatic heterocycles. The summed E-state index contributed by atoms with van der Waals surface area (Å²) in [6, 6.07) is 11.5. The average molecular weight is 578 g/mol. The standard InChI is InChI=1S/C29H27N3O8S/c1-39-22-13-12-16(29(35)40-2)14-20(22)31-32-26-23(41(36,37)38)15-21(30-17-8-4-3-5-9-17)24-25(26)28(34)19-11-7-6-10-18(19)27(24)33/h6-7,10-15,17,30H,3-5,8-9H2,1-2H3,(H,36,37,38)/b32-31+. The van der Waals surface area contributed by atoms with Gasteiger partial charge in [0.15, 0.2) is 11.6 Å². The Balaban J connectivity index is 1.76. The zero-order valence-electron chi connectivity index (χ0n) is 22.3. The highest BCUT2D eigenvalue weighted by atomic mass is 32.2. The quantitative estimate of drug-likeness (QED) is 0.160. The first-order valence-electron chi connectivity index (χ1n) is 13.0. The van der Waals surface area contributed by atoms with Crippen LogP contribution in [0.15, 0.2) is 63.7 Å². The van der Waals surface area contributed by atoms with Crippen molar-refractivity contribution < 1.29 is 36.8 Å². The van der Waals surface area contributed by atoms with E-state index in [1.807, 2.05) is 0 Å². The van der Waals surface area contributed by atoms with Crippen molar-refractivity contribution in [3.63, 3.8) is 0 Å². The summed E-state index contributed by atoms with van der Waals surface area (Å²) in [4.78, 5) is 39.1. The Morgan fingerprint density at radius 2 is 1.59 bits per heavy atom. The molecule has 2 aliphatic carbocycles. The van der Waals surface area contributed by atoms with Crippen LogP contribution >= 0.6 is 0 Å². The van der Waals surface area contributed by atoms with Crippen LogP contribution in [0.4, 0.5) is 17.1 Å². The van der Waals surface area contributed by atoms with Crippen molar-refractivity contribution in [1.82, 2.24) is 0 Å². The van der Waals surface area contributed by atoms with Crippen molar-refractivity contribution in [1.29, 1.82) is 0 Å². The number of anilines is 1. The molecule has 0 bridgehead atoms. The summed E-state index contributed by atoms with van der Waals surface area (Å²) >= 11 is 0. The van der Waals surface area contributed by atoms with Gasteiger partial charge in [0.2, 0.25) is 0 Å². The van der Waals surface area contributed by atoms with Crippen molar-refractivity contribution in [2.75, 3.05) is 19.5 Å². The van der Waals surface area contributed by atoms with Crippen LogP contribution in [0.2, 0.25) is 0 Å². The fourth-order valence-electron chi connectivity index (χ4n) is 5.25. The lowest BCUT2D eigenvalue weighted by Crippen LogP contribution is -2.27. The van der Waals surface area contributed by atoms with E-state index in [4.69, 9.17) is 9.47 Å². The van der Waals surface area contributed by atoms with Crippen LogP contribution in [0.3, 0.4) is 0 Å². The fraction of sp³-hybridized carbons (Fsp3) is 0.276. The topological polar surface area (TPSA) is 161 Å². The zero-order valence-corrected chi connectivity index (χ0v) is 23.2. The van der Waals surface area contributed by atoms with Gasteiger partial charge in [0.1, 0.15) is 22.0 Å². The predicted octanol–water partition coefficient (Wildman–Crippen LogP) is 5.66. The second kappa shape index (κ2) is 11.2. The molecule has 5 rings (SSSR count). The maximum atomic E-state index is 13.9. The number of carbonyl (C=O) groups is 3. The number of ether oxygens (including phenoxy) is 2. The van der Waals surface area contributed by atoms with E-state index in [0.717, 1.165) is 38.2 Å². The average Bonchev–Trinajstić information content (AvgIpc) is 2.98. The number of fused-ring (bicyclic) bond motifs is 2. The molecule has 41 heavy (non-hydrogen) atoms. The van der Waals surface area contributed by atoms with Gasteiger partial charge in [-0.1, -0.05) is 43.5 Å². The number of hydrogen-bond acceptors (Lipinski definition) is 10. The van der Waals surface area contributed by atoms with Crippen molar-refractivity contribution in [3.8, 4) is 5.75 Å². The third-order valence-electron chi connectivity index (χ3n) is 7.24. The summed E-state index contributed by atoms with van der Waals surface area (Å²) in [6.45, 7) is 0. The van der Waals surface area contributed by atoms with Crippen LogP contribution in [0.25, 0.3) is 0 Å². The van der Waals surface area contributed by atoms with E-state index in [-0.39, 0.29) is 51.0 Å². The van der Waals surface area contributed by atoms with Gasteiger partial charge in [-0.2, -0.15) is 8.42 Å². The molecule has 12 heteroatoms. The Bertz CT molecular complexity index is 1710. The maximum absolute atomic E-state index is 13.9. The molecule has 0 heterocycles. The zero-order chi connectivity index (χ0) is 29.3. The third kappa shape index (κ3) is 5.35. The van der Waals surface area contributed by atoms with E-state index in [1.54, 1.807) is 12.1 Å². The van der Waals surface area contributed by atoms with Gasteiger partial charge in [0.25, 0.3) is 10.1 Å². The van der Waals surface area contributed by atoms with E-state index in [0.29, 0.717) is 0 Å². The van der Waals surface area contributed by atoms with Gasteiger partial charge in [-0.3, -0.25) is 14.1 Å². The monoisotopic (exact) mass is 577 g/mol. The molecule has 2 N–H and O–H groups in total. The molecule has 0 atom stereocenters.